The molecule has 0 saturated carbocycles. The molecule has 2 saturated heterocycles. The van der Waals surface area contributed by atoms with E-state index in [-0.39, 0.29) is 30.0 Å². The van der Waals surface area contributed by atoms with E-state index in [0.29, 0.717) is 25.6 Å². The maximum Gasteiger partial charge on any atom is 0.401 e. The topological polar surface area (TPSA) is 42.9 Å². The van der Waals surface area contributed by atoms with Gasteiger partial charge in [-0.05, 0) is 39.3 Å². The third kappa shape index (κ3) is 8.16. The Labute approximate surface area is 172 Å². The van der Waals surface area contributed by atoms with E-state index >= 15 is 0 Å². The van der Waals surface area contributed by atoms with Gasteiger partial charge in [-0.3, -0.25) is 14.8 Å². The van der Waals surface area contributed by atoms with Crippen LogP contribution in [-0.4, -0.2) is 79.8 Å². The summed E-state index contributed by atoms with van der Waals surface area (Å²) in [5, 5.41) is 6.54. The molecule has 0 aromatic carbocycles. The van der Waals surface area contributed by atoms with Gasteiger partial charge in [-0.25, -0.2) is 0 Å². The van der Waals surface area contributed by atoms with E-state index in [0.717, 1.165) is 32.1 Å². The van der Waals surface area contributed by atoms with Crippen LogP contribution in [0.25, 0.3) is 0 Å². The first kappa shape index (κ1) is 23.7. The fourth-order valence-electron chi connectivity index (χ4n) is 3.74. The van der Waals surface area contributed by atoms with Crippen molar-refractivity contribution >= 4 is 29.9 Å². The van der Waals surface area contributed by atoms with Crippen molar-refractivity contribution in [2.75, 3.05) is 45.8 Å². The Kier molecular flexibility index (Phi) is 10.5. The first-order valence-electron chi connectivity index (χ1n) is 9.49. The van der Waals surface area contributed by atoms with Crippen molar-refractivity contribution in [1.29, 1.82) is 0 Å². The smallest absolute Gasteiger partial charge is 0.357 e. The molecule has 9 heteroatoms. The van der Waals surface area contributed by atoms with Crippen molar-refractivity contribution in [1.82, 2.24) is 20.4 Å². The molecule has 2 aliphatic rings. The third-order valence-corrected chi connectivity index (χ3v) is 4.98. The van der Waals surface area contributed by atoms with Gasteiger partial charge >= 0.3 is 6.18 Å². The highest BCUT2D eigenvalue weighted by Gasteiger charge is 2.34. The number of halogens is 4. The summed E-state index contributed by atoms with van der Waals surface area (Å²) in [5.74, 6) is 0.725. The molecule has 2 aliphatic heterocycles. The van der Waals surface area contributed by atoms with Crippen molar-refractivity contribution in [3.8, 4) is 0 Å². The fraction of sp³-hybridized carbons (Fsp3) is 0.941. The number of alkyl halides is 3. The molecule has 154 valence electrons. The van der Waals surface area contributed by atoms with E-state index in [9.17, 15) is 13.2 Å². The number of likely N-dealkylation sites (N-methyl/N-ethyl adjacent to an activating group) is 1. The number of piperidine rings is 1. The predicted molar refractivity (Wildman–Crippen MR) is 110 cm³/mol. The zero-order chi connectivity index (χ0) is 18.3. The minimum atomic E-state index is -4.13. The Hall–Kier alpha value is -0.290. The fourth-order valence-corrected chi connectivity index (χ4v) is 3.74. The summed E-state index contributed by atoms with van der Waals surface area (Å²) in [4.78, 5) is 8.64. The Bertz CT molecular complexity index is 433. The number of hydrogen-bond donors (Lipinski definition) is 2. The SMILES string of the molecule is CCNC(=NCC1CCCCN1CC)NC1CCN(CC(F)(F)F)C1.I. The lowest BCUT2D eigenvalue weighted by Crippen LogP contribution is -2.46. The lowest BCUT2D eigenvalue weighted by Gasteiger charge is -2.34. The van der Waals surface area contributed by atoms with Gasteiger partial charge in [0.1, 0.15) is 0 Å². The second-order valence-corrected chi connectivity index (χ2v) is 6.98. The van der Waals surface area contributed by atoms with Crippen molar-refractivity contribution in [2.24, 2.45) is 4.99 Å². The van der Waals surface area contributed by atoms with E-state index in [2.05, 4.69) is 22.5 Å². The molecule has 0 amide bonds. The van der Waals surface area contributed by atoms with Crippen LogP contribution in [0.2, 0.25) is 0 Å². The van der Waals surface area contributed by atoms with Crippen LogP contribution in [0.5, 0.6) is 0 Å². The van der Waals surface area contributed by atoms with Crippen LogP contribution < -0.4 is 10.6 Å². The number of hydrogen-bond acceptors (Lipinski definition) is 3. The van der Waals surface area contributed by atoms with Gasteiger partial charge in [0.25, 0.3) is 0 Å². The summed E-state index contributed by atoms with van der Waals surface area (Å²) in [5.41, 5.74) is 0. The molecule has 2 atom stereocenters. The van der Waals surface area contributed by atoms with E-state index < -0.39 is 12.7 Å². The van der Waals surface area contributed by atoms with Gasteiger partial charge in [-0.1, -0.05) is 13.3 Å². The minimum absolute atomic E-state index is 0. The predicted octanol–water partition coefficient (Wildman–Crippen LogP) is 2.67. The molecule has 2 rings (SSSR count). The standard InChI is InChI=1S/C17H32F3N5.HI/c1-3-21-16(22-11-15-7-5-6-9-25(15)4-2)23-14-8-10-24(12-14)13-17(18,19)20;/h14-15H,3-13H2,1-2H3,(H2,21,22,23);1H. The molecule has 2 N–H and O–H groups in total. The molecule has 0 aliphatic carbocycles. The van der Waals surface area contributed by atoms with Crippen LogP contribution in [0.15, 0.2) is 4.99 Å². The molecule has 0 spiro atoms. The second-order valence-electron chi connectivity index (χ2n) is 6.98. The molecule has 0 bridgehead atoms. The number of nitrogens with zero attached hydrogens (tertiary/aromatic N) is 3. The van der Waals surface area contributed by atoms with Crippen molar-refractivity contribution in [3.05, 3.63) is 0 Å². The van der Waals surface area contributed by atoms with Crippen LogP contribution in [0, 0.1) is 0 Å². The normalized spacial score (nSPS) is 25.8. The van der Waals surface area contributed by atoms with Crippen LogP contribution in [-0.2, 0) is 0 Å². The molecule has 2 fully saturated rings. The quantitative estimate of drug-likeness (QED) is 0.341. The molecule has 0 radical (unpaired) electrons. The van der Waals surface area contributed by atoms with Gasteiger partial charge in [0.2, 0.25) is 0 Å². The number of rotatable bonds is 6. The molecule has 5 nitrogen and oxygen atoms in total. The van der Waals surface area contributed by atoms with Gasteiger partial charge in [-0.15, -0.1) is 24.0 Å². The van der Waals surface area contributed by atoms with E-state index in [1.54, 1.807) is 0 Å². The summed E-state index contributed by atoms with van der Waals surface area (Å²) < 4.78 is 37.5. The number of likely N-dealkylation sites (tertiary alicyclic amines) is 2. The molecular formula is C17H33F3IN5. The Morgan fingerprint density at radius 1 is 1.15 bits per heavy atom. The van der Waals surface area contributed by atoms with Crippen LogP contribution in [0.1, 0.15) is 39.5 Å². The summed E-state index contributed by atoms with van der Waals surface area (Å²) in [7, 11) is 0. The Morgan fingerprint density at radius 2 is 1.92 bits per heavy atom. The van der Waals surface area contributed by atoms with Gasteiger partial charge in [0.05, 0.1) is 13.1 Å². The highest BCUT2D eigenvalue weighted by molar-refractivity contribution is 14.0. The Balaban J connectivity index is 0.00000338. The first-order valence-corrected chi connectivity index (χ1v) is 9.49. The summed E-state index contributed by atoms with van der Waals surface area (Å²) in [6.45, 7) is 7.90. The third-order valence-electron chi connectivity index (χ3n) is 4.98. The largest absolute Gasteiger partial charge is 0.401 e. The lowest BCUT2D eigenvalue weighted by atomic mass is 10.0. The van der Waals surface area contributed by atoms with Crippen molar-refractivity contribution < 1.29 is 13.2 Å². The molecule has 0 aromatic rings. The van der Waals surface area contributed by atoms with Gasteiger partial charge in [0.15, 0.2) is 5.96 Å². The average molecular weight is 491 g/mol. The maximum absolute atomic E-state index is 12.5. The summed E-state index contributed by atoms with van der Waals surface area (Å²) in [6.07, 6.45) is 0.252. The van der Waals surface area contributed by atoms with Gasteiger partial charge in [0, 0.05) is 31.7 Å². The number of nitrogens with one attached hydrogen (secondary N) is 2. The van der Waals surface area contributed by atoms with Gasteiger partial charge < -0.3 is 10.6 Å². The number of guanidine groups is 1. The molecule has 2 heterocycles. The van der Waals surface area contributed by atoms with Gasteiger partial charge in [-0.2, -0.15) is 13.2 Å². The highest BCUT2D eigenvalue weighted by atomic mass is 127. The van der Waals surface area contributed by atoms with Crippen LogP contribution in [0.4, 0.5) is 13.2 Å². The average Bonchev–Trinajstić information content (AvgIpc) is 2.98. The number of aliphatic imine (C=N–C) groups is 1. The first-order chi connectivity index (χ1) is 11.9. The Morgan fingerprint density at radius 3 is 2.58 bits per heavy atom. The lowest BCUT2D eigenvalue weighted by molar-refractivity contribution is -0.143. The maximum atomic E-state index is 12.5. The monoisotopic (exact) mass is 491 g/mol. The summed E-state index contributed by atoms with van der Waals surface area (Å²) >= 11 is 0. The summed E-state index contributed by atoms with van der Waals surface area (Å²) in [6, 6.07) is 0.494. The van der Waals surface area contributed by atoms with Crippen LogP contribution >= 0.6 is 24.0 Å². The molecule has 2 unspecified atom stereocenters. The minimum Gasteiger partial charge on any atom is -0.357 e. The molecule has 26 heavy (non-hydrogen) atoms. The van der Waals surface area contributed by atoms with E-state index in [1.807, 2.05) is 6.92 Å². The van der Waals surface area contributed by atoms with E-state index in [1.165, 1.54) is 24.2 Å². The zero-order valence-electron chi connectivity index (χ0n) is 15.8. The van der Waals surface area contributed by atoms with Crippen LogP contribution in [0.3, 0.4) is 0 Å². The second kappa shape index (κ2) is 11.5. The molecule has 0 aromatic heterocycles. The van der Waals surface area contributed by atoms with Crippen molar-refractivity contribution in [2.45, 2.75) is 57.8 Å². The highest BCUT2D eigenvalue weighted by Crippen LogP contribution is 2.20. The zero-order valence-corrected chi connectivity index (χ0v) is 18.1. The molecular weight excluding hydrogens is 458 g/mol. The van der Waals surface area contributed by atoms with E-state index in [4.69, 9.17) is 4.99 Å². The van der Waals surface area contributed by atoms with Crippen molar-refractivity contribution in [3.63, 3.8) is 0 Å².